The van der Waals surface area contributed by atoms with Gasteiger partial charge < -0.3 is 37.9 Å². The Hall–Kier alpha value is -5.29. The first-order chi connectivity index (χ1) is 48.7. The molecule has 12 rings (SSSR count). The van der Waals surface area contributed by atoms with E-state index in [0.717, 1.165) is 120 Å². The number of esters is 8. The lowest BCUT2D eigenvalue weighted by Gasteiger charge is -2.65. The Morgan fingerprint density at radius 3 is 0.771 bits per heavy atom. The fourth-order valence-corrected chi connectivity index (χ4v) is 17.8. The van der Waals surface area contributed by atoms with Gasteiger partial charge >= 0.3 is 53.9 Å². The van der Waals surface area contributed by atoms with Crippen molar-refractivity contribution in [3.05, 3.63) is 0 Å². The SMILES string of the molecule is CC(=O)OCC(C)(C)C(F)(F)F.CC(=O)OCC(C)(C)F.CC(=O)OCC(C)(C)F.CC(=O)OCC(C)(F)F.CC(=O)OCC(C)(F)F.CC(F)(F)COC(=O)C12CC3CC(C1)CC(C(C)(C)C)(C3)C2.CC(F)(F)COC(=O)C12CC3CC(CC(C)(C3)C1)C2.CCC12CC3CC(C1)CC(C(=O)OCC(C)(F)F)(C3)C2. The molecule has 0 aromatic carbocycles. The number of ether oxygens (including phenoxy) is 8. The van der Waals surface area contributed by atoms with Crippen LogP contribution in [0.1, 0.15) is 267 Å². The van der Waals surface area contributed by atoms with Crippen LogP contribution in [0.4, 0.5) is 65.9 Å². The van der Waals surface area contributed by atoms with Gasteiger partial charge in [-0.2, -0.15) is 13.2 Å². The lowest BCUT2D eigenvalue weighted by Crippen LogP contribution is -2.59. The van der Waals surface area contributed by atoms with E-state index in [0.29, 0.717) is 49.4 Å². The quantitative estimate of drug-likeness (QED) is 0.0630. The van der Waals surface area contributed by atoms with Gasteiger partial charge in [0.15, 0.2) is 33.0 Å². The summed E-state index contributed by atoms with van der Waals surface area (Å²) in [5.41, 5.74) is -5.38. The summed E-state index contributed by atoms with van der Waals surface area (Å²) < 4.78 is 222. The van der Waals surface area contributed by atoms with E-state index in [-0.39, 0.29) is 52.8 Å². The monoisotopic (exact) mass is 1600 g/mol. The van der Waals surface area contributed by atoms with Crippen molar-refractivity contribution in [1.82, 2.24) is 0 Å². The predicted octanol–water partition coefficient (Wildman–Crippen LogP) is 19.9. The summed E-state index contributed by atoms with van der Waals surface area (Å²) in [7, 11) is 0. The molecule has 0 spiro atoms. The molecular weight excluding hydrogens is 1480 g/mol. The van der Waals surface area contributed by atoms with Crippen molar-refractivity contribution < 1.29 is 142 Å². The molecule has 0 N–H and O–H groups in total. The fraction of sp³-hybridized carbons (Fsp3) is 0.897. The standard InChI is InChI=1S/C18H28F2O2.C16H24F2O2.C15H22F2O2.C7H11F3O2.2C6H11FO2.2C5H8F2O2/c1-15(2,3)18-8-12-5-13(9-18)7-17(6-12,10-18)14(21)22-11-16(4,19)20;1-3-15-5-11-4-12(6-15)8-16(7-11,9-15)13(19)20-10-14(2,17)18;1-13-4-10-3-11(5-13)7-15(6-10,8-13)12(18)19-9-14(2,16)17;1-5(11)12-4-6(2,3)7(8,9)10;2*1-5(8)9-4-6(2,3)7;2*1-4(8)9-3-5(2,6)7/h12-13H,5-11H2,1-4H3;11-12H,3-10H2,1-2H3;10-11H,3-9H2,1-2H3;4H2,1-3H3;2*4H2,1-3H3;2*3H2,1-2H3. The van der Waals surface area contributed by atoms with E-state index in [1.165, 1.54) is 99.3 Å². The maximum absolute atomic E-state index is 13.0. The highest BCUT2D eigenvalue weighted by atomic mass is 19.4. The second-order valence-electron chi connectivity index (χ2n) is 36.7. The lowest BCUT2D eigenvalue weighted by atomic mass is 9.39. The zero-order valence-corrected chi connectivity index (χ0v) is 67.8. The van der Waals surface area contributed by atoms with Crippen molar-refractivity contribution in [3.63, 3.8) is 0 Å². The normalized spacial score (nSPS) is 28.9. The van der Waals surface area contributed by atoms with Gasteiger partial charge in [0.1, 0.15) is 31.2 Å². The second kappa shape index (κ2) is 37.8. The maximum Gasteiger partial charge on any atom is 0.397 e. The van der Waals surface area contributed by atoms with Gasteiger partial charge in [-0.25, -0.2) is 52.7 Å². The minimum absolute atomic E-state index is 0.144. The number of rotatable bonds is 20. The summed E-state index contributed by atoms with van der Waals surface area (Å²) >= 11 is 0. The first-order valence-electron chi connectivity index (χ1n) is 37.3. The lowest BCUT2D eigenvalue weighted by molar-refractivity contribution is -0.226. The summed E-state index contributed by atoms with van der Waals surface area (Å²) in [5, 5.41) is 0. The zero-order valence-electron chi connectivity index (χ0n) is 67.8. The first-order valence-corrected chi connectivity index (χ1v) is 37.3. The molecule has 636 valence electrons. The van der Waals surface area contributed by atoms with Crippen LogP contribution < -0.4 is 0 Å². The highest BCUT2D eigenvalue weighted by Crippen LogP contribution is 2.71. The largest absolute Gasteiger partial charge is 0.465 e. The number of carbonyl (C=O) groups excluding carboxylic acids is 8. The molecule has 0 saturated heterocycles. The third-order valence-corrected chi connectivity index (χ3v) is 21.3. The van der Waals surface area contributed by atoms with Gasteiger partial charge in [0, 0.05) is 69.2 Å². The number of hydrogen-bond donors (Lipinski definition) is 0. The van der Waals surface area contributed by atoms with E-state index >= 15 is 0 Å². The Morgan fingerprint density at radius 2 is 0.550 bits per heavy atom. The molecule has 0 aliphatic heterocycles. The van der Waals surface area contributed by atoms with Gasteiger partial charge in [-0.1, -0.05) is 41.0 Å². The highest BCUT2D eigenvalue weighted by Gasteiger charge is 2.65. The Bertz CT molecular complexity index is 2840. The molecule has 0 radical (unpaired) electrons. The Kier molecular flexibility index (Phi) is 34.6. The average molecular weight is 1600 g/mol. The van der Waals surface area contributed by atoms with E-state index in [1.54, 1.807) is 0 Å². The van der Waals surface area contributed by atoms with Gasteiger partial charge in [0.25, 0.3) is 29.6 Å². The van der Waals surface area contributed by atoms with Crippen molar-refractivity contribution in [2.24, 2.45) is 78.8 Å². The van der Waals surface area contributed by atoms with E-state index in [1.807, 2.05) is 0 Å². The van der Waals surface area contributed by atoms with Crippen LogP contribution in [-0.2, 0) is 76.3 Å². The third-order valence-electron chi connectivity index (χ3n) is 21.3. The molecule has 12 aliphatic carbocycles. The summed E-state index contributed by atoms with van der Waals surface area (Å²) in [5.74, 6) is -15.1. The number of carbonyl (C=O) groups is 8. The van der Waals surface area contributed by atoms with E-state index in [4.69, 9.17) is 14.2 Å². The molecule has 31 heteroatoms. The smallest absolute Gasteiger partial charge is 0.397 e. The molecule has 12 aliphatic rings. The van der Waals surface area contributed by atoms with Crippen molar-refractivity contribution in [1.29, 1.82) is 0 Å². The van der Waals surface area contributed by atoms with Crippen LogP contribution in [-0.4, -0.2) is 148 Å². The summed E-state index contributed by atoms with van der Waals surface area (Å²) in [4.78, 5) is 87.7. The number of halogens is 15. The third kappa shape index (κ3) is 35.3. The summed E-state index contributed by atoms with van der Waals surface area (Å²) in [6.45, 7) is 23.2. The van der Waals surface area contributed by atoms with Gasteiger partial charge in [0.05, 0.1) is 21.7 Å². The minimum atomic E-state index is -4.34. The first kappa shape index (κ1) is 99.8. The molecule has 0 amide bonds. The molecule has 0 heterocycles. The maximum atomic E-state index is 13.0. The fourth-order valence-electron chi connectivity index (χ4n) is 17.8. The molecule has 6 atom stereocenters. The van der Waals surface area contributed by atoms with Crippen LogP contribution in [0.2, 0.25) is 0 Å². The van der Waals surface area contributed by atoms with Gasteiger partial charge in [-0.15, -0.1) is 0 Å². The summed E-state index contributed by atoms with van der Waals surface area (Å²) in [6, 6.07) is 0. The molecular formula is C78H123F15O16. The summed E-state index contributed by atoms with van der Waals surface area (Å²) in [6.07, 6.45) is 15.2. The van der Waals surface area contributed by atoms with Crippen LogP contribution in [0.3, 0.4) is 0 Å². The number of hydrogen-bond acceptors (Lipinski definition) is 16. The topological polar surface area (TPSA) is 210 Å². The molecule has 109 heavy (non-hydrogen) atoms. The van der Waals surface area contributed by atoms with Gasteiger partial charge in [-0.05, 0) is 214 Å². The number of alkyl halides is 15. The molecule has 0 aromatic heterocycles. The molecule has 12 bridgehead atoms. The van der Waals surface area contributed by atoms with Crippen molar-refractivity contribution in [2.75, 3.05) is 52.9 Å². The second-order valence-corrected chi connectivity index (χ2v) is 36.7. The van der Waals surface area contributed by atoms with E-state index in [2.05, 4.69) is 58.3 Å². The molecule has 6 unspecified atom stereocenters. The Balaban J connectivity index is 0.000000436. The van der Waals surface area contributed by atoms with Crippen molar-refractivity contribution >= 4 is 47.8 Å². The minimum Gasteiger partial charge on any atom is -0.465 e. The zero-order chi connectivity index (χ0) is 84.8. The average Bonchev–Trinajstić information content (AvgIpc) is 0.715. The van der Waals surface area contributed by atoms with Gasteiger partial charge in [0.2, 0.25) is 0 Å². The molecule has 16 nitrogen and oxygen atoms in total. The Morgan fingerprint density at radius 1 is 0.312 bits per heavy atom. The van der Waals surface area contributed by atoms with Crippen LogP contribution in [0.5, 0.6) is 0 Å². The molecule has 0 aromatic rings. The van der Waals surface area contributed by atoms with Crippen molar-refractivity contribution in [2.45, 2.75) is 315 Å². The van der Waals surface area contributed by atoms with Gasteiger partial charge in [-0.3, -0.25) is 38.4 Å². The highest BCUT2D eigenvalue weighted by molar-refractivity contribution is 5.79. The van der Waals surface area contributed by atoms with Crippen LogP contribution in [0, 0.1) is 78.8 Å². The molecule has 12 saturated carbocycles. The Labute approximate surface area is 634 Å². The van der Waals surface area contributed by atoms with Crippen molar-refractivity contribution in [3.8, 4) is 0 Å². The molecule has 12 fully saturated rings. The van der Waals surface area contributed by atoms with Crippen LogP contribution in [0.25, 0.3) is 0 Å². The van der Waals surface area contributed by atoms with E-state index in [9.17, 15) is 104 Å². The predicted molar refractivity (Wildman–Crippen MR) is 373 cm³/mol. The van der Waals surface area contributed by atoms with Crippen LogP contribution in [0.15, 0.2) is 0 Å². The van der Waals surface area contributed by atoms with E-state index < -0.39 is 138 Å². The van der Waals surface area contributed by atoms with Crippen LogP contribution >= 0.6 is 0 Å².